The van der Waals surface area contributed by atoms with Gasteiger partial charge in [0.1, 0.15) is 0 Å². The first-order chi connectivity index (χ1) is 7.79. The Morgan fingerprint density at radius 2 is 1.50 bits per heavy atom. The first kappa shape index (κ1) is 16.1. The quantitative estimate of drug-likeness (QED) is 0.405. The van der Waals surface area contributed by atoms with Crippen molar-refractivity contribution in [1.82, 2.24) is 0 Å². The highest BCUT2D eigenvalue weighted by Gasteiger charge is 2.23. The van der Waals surface area contributed by atoms with Crippen molar-refractivity contribution >= 4 is 9.28 Å². The molecule has 0 aliphatic rings. The Morgan fingerprint density at radius 3 is 1.94 bits per heavy atom. The maximum atomic E-state index is 5.81. The molecule has 16 heavy (non-hydrogen) atoms. The molecule has 0 aromatic carbocycles. The lowest BCUT2D eigenvalue weighted by atomic mass is 10.1. The molecule has 0 amide bonds. The summed E-state index contributed by atoms with van der Waals surface area (Å²) in [5.74, 6) is 0. The minimum Gasteiger partial charge on any atom is -0.397 e. The Bertz CT molecular complexity index is 136. The van der Waals surface area contributed by atoms with E-state index in [1.165, 1.54) is 38.5 Å². The summed E-state index contributed by atoms with van der Waals surface area (Å²) in [6.45, 7) is 10.3. The molecule has 1 unspecified atom stereocenters. The second-order valence-electron chi connectivity index (χ2n) is 4.30. The van der Waals surface area contributed by atoms with Crippen molar-refractivity contribution < 1.29 is 8.85 Å². The summed E-state index contributed by atoms with van der Waals surface area (Å²) in [4.78, 5) is 0. The zero-order valence-electron chi connectivity index (χ0n) is 11.6. The lowest BCUT2D eigenvalue weighted by Crippen LogP contribution is -2.29. The number of hydrogen-bond donors (Lipinski definition) is 0. The van der Waals surface area contributed by atoms with Crippen LogP contribution in [0.15, 0.2) is 0 Å². The van der Waals surface area contributed by atoms with Crippen LogP contribution in [0.25, 0.3) is 0 Å². The van der Waals surface area contributed by atoms with Crippen LogP contribution in [-0.4, -0.2) is 22.5 Å². The van der Waals surface area contributed by atoms with Gasteiger partial charge in [0.25, 0.3) is 0 Å². The zero-order chi connectivity index (χ0) is 12.2. The largest absolute Gasteiger partial charge is 0.397 e. The fourth-order valence-corrected chi connectivity index (χ4v) is 4.21. The van der Waals surface area contributed by atoms with Crippen LogP contribution >= 0.6 is 0 Å². The van der Waals surface area contributed by atoms with Gasteiger partial charge in [-0.25, -0.2) is 0 Å². The minimum absolute atomic E-state index is 0.705. The molecule has 0 spiro atoms. The van der Waals surface area contributed by atoms with Gasteiger partial charge in [-0.3, -0.25) is 0 Å². The van der Waals surface area contributed by atoms with E-state index in [1.807, 2.05) is 0 Å². The molecule has 0 N–H and O–H groups in total. The normalized spacial score (nSPS) is 13.3. The Balaban J connectivity index is 3.89. The summed E-state index contributed by atoms with van der Waals surface area (Å²) < 4.78 is 11.6. The molecule has 0 rings (SSSR count). The molecular formula is C13H30O2Si. The summed E-state index contributed by atoms with van der Waals surface area (Å²) in [5.41, 5.74) is 0.705. The number of rotatable bonds is 11. The van der Waals surface area contributed by atoms with Crippen molar-refractivity contribution in [3.05, 3.63) is 0 Å². The fourth-order valence-electron chi connectivity index (χ4n) is 2.01. The van der Waals surface area contributed by atoms with Gasteiger partial charge in [0.15, 0.2) is 0 Å². The van der Waals surface area contributed by atoms with Gasteiger partial charge >= 0.3 is 9.28 Å². The van der Waals surface area contributed by atoms with Gasteiger partial charge in [-0.1, -0.05) is 46.0 Å². The Kier molecular flexibility index (Phi) is 11.7. The topological polar surface area (TPSA) is 18.5 Å². The Morgan fingerprint density at radius 1 is 0.875 bits per heavy atom. The van der Waals surface area contributed by atoms with Crippen molar-refractivity contribution in [3.63, 3.8) is 0 Å². The van der Waals surface area contributed by atoms with Crippen LogP contribution in [0.2, 0.25) is 5.54 Å². The highest BCUT2D eigenvalue weighted by molar-refractivity contribution is 6.46. The predicted molar refractivity (Wildman–Crippen MR) is 73.2 cm³/mol. The van der Waals surface area contributed by atoms with E-state index in [2.05, 4.69) is 27.7 Å². The molecule has 0 radical (unpaired) electrons. The van der Waals surface area contributed by atoms with Crippen LogP contribution in [0.3, 0.4) is 0 Å². The average Bonchev–Trinajstić information content (AvgIpc) is 2.29. The van der Waals surface area contributed by atoms with Gasteiger partial charge in [-0.15, -0.1) is 0 Å². The van der Waals surface area contributed by atoms with Crippen molar-refractivity contribution in [1.29, 1.82) is 0 Å². The molecule has 0 bridgehead atoms. The summed E-state index contributed by atoms with van der Waals surface area (Å²) in [7, 11) is -1.40. The lowest BCUT2D eigenvalue weighted by molar-refractivity contribution is 0.200. The molecule has 98 valence electrons. The maximum Gasteiger partial charge on any atom is 0.324 e. The van der Waals surface area contributed by atoms with Crippen molar-refractivity contribution in [3.8, 4) is 0 Å². The molecule has 1 atom stereocenters. The van der Waals surface area contributed by atoms with Crippen LogP contribution in [0, 0.1) is 0 Å². The van der Waals surface area contributed by atoms with Crippen LogP contribution in [0.5, 0.6) is 0 Å². The monoisotopic (exact) mass is 246 g/mol. The molecule has 0 fully saturated rings. The first-order valence-corrected chi connectivity index (χ1v) is 8.64. The van der Waals surface area contributed by atoms with Crippen molar-refractivity contribution in [2.24, 2.45) is 0 Å². The number of hydrogen-bond acceptors (Lipinski definition) is 2. The summed E-state index contributed by atoms with van der Waals surface area (Å²) >= 11 is 0. The third kappa shape index (κ3) is 7.42. The smallest absolute Gasteiger partial charge is 0.324 e. The van der Waals surface area contributed by atoms with E-state index in [1.54, 1.807) is 0 Å². The third-order valence-electron chi connectivity index (χ3n) is 3.00. The fraction of sp³-hybridized carbons (Fsp3) is 1.00. The molecule has 0 aromatic heterocycles. The third-order valence-corrected chi connectivity index (χ3v) is 5.90. The summed E-state index contributed by atoms with van der Waals surface area (Å²) in [6.07, 6.45) is 7.90. The second-order valence-corrected chi connectivity index (χ2v) is 6.64. The van der Waals surface area contributed by atoms with Gasteiger partial charge in [0, 0.05) is 13.2 Å². The molecule has 0 heterocycles. The SMILES string of the molecule is CCCCCCC(CC)[SiH](OCC)OCC. The first-order valence-electron chi connectivity index (χ1n) is 7.03. The van der Waals surface area contributed by atoms with Crippen LogP contribution in [-0.2, 0) is 8.85 Å². The molecule has 0 aromatic rings. The van der Waals surface area contributed by atoms with Gasteiger partial charge in [0.2, 0.25) is 0 Å². The zero-order valence-corrected chi connectivity index (χ0v) is 12.8. The highest BCUT2D eigenvalue weighted by atomic mass is 28.3. The van der Waals surface area contributed by atoms with Gasteiger partial charge in [-0.2, -0.15) is 0 Å². The van der Waals surface area contributed by atoms with E-state index < -0.39 is 9.28 Å². The molecule has 0 aliphatic carbocycles. The van der Waals surface area contributed by atoms with Crippen LogP contribution in [0.1, 0.15) is 66.2 Å². The van der Waals surface area contributed by atoms with Crippen molar-refractivity contribution in [2.45, 2.75) is 71.8 Å². The Labute approximate surface area is 104 Å². The lowest BCUT2D eigenvalue weighted by Gasteiger charge is -2.23. The molecular weight excluding hydrogens is 216 g/mol. The molecule has 0 saturated carbocycles. The van der Waals surface area contributed by atoms with E-state index in [9.17, 15) is 0 Å². The molecule has 0 aliphatic heterocycles. The second kappa shape index (κ2) is 11.6. The maximum absolute atomic E-state index is 5.81. The van der Waals surface area contributed by atoms with Gasteiger partial charge in [-0.05, 0) is 25.8 Å². The minimum atomic E-state index is -1.40. The van der Waals surface area contributed by atoms with Crippen LogP contribution < -0.4 is 0 Å². The molecule has 3 heteroatoms. The standard InChI is InChI=1S/C13H30O2Si/c1-5-9-10-11-12-13(6-2)16(14-7-3)15-8-4/h13,16H,5-12H2,1-4H3. The van der Waals surface area contributed by atoms with E-state index in [0.29, 0.717) is 5.54 Å². The van der Waals surface area contributed by atoms with E-state index in [-0.39, 0.29) is 0 Å². The van der Waals surface area contributed by atoms with E-state index >= 15 is 0 Å². The van der Waals surface area contributed by atoms with Crippen molar-refractivity contribution in [2.75, 3.05) is 13.2 Å². The Hall–Kier alpha value is 0.137. The van der Waals surface area contributed by atoms with Gasteiger partial charge < -0.3 is 8.85 Å². The summed E-state index contributed by atoms with van der Waals surface area (Å²) in [5, 5.41) is 0. The molecule has 2 nitrogen and oxygen atoms in total. The summed E-state index contributed by atoms with van der Waals surface area (Å²) in [6, 6.07) is 0. The predicted octanol–water partition coefficient (Wildman–Crippen LogP) is 4.03. The van der Waals surface area contributed by atoms with Crippen LogP contribution in [0.4, 0.5) is 0 Å². The van der Waals surface area contributed by atoms with Gasteiger partial charge in [0.05, 0.1) is 0 Å². The van der Waals surface area contributed by atoms with E-state index in [4.69, 9.17) is 8.85 Å². The average molecular weight is 246 g/mol. The number of unbranched alkanes of at least 4 members (excludes halogenated alkanes) is 3. The van der Waals surface area contributed by atoms with E-state index in [0.717, 1.165) is 13.2 Å². The highest BCUT2D eigenvalue weighted by Crippen LogP contribution is 2.24. The molecule has 0 saturated heterocycles.